The molecule has 5 nitrogen and oxygen atoms in total. The van der Waals surface area contributed by atoms with Crippen molar-refractivity contribution < 1.29 is 14.2 Å². The molecule has 1 fully saturated rings. The number of hydrazine groups is 1. The SMILES string of the molecule is COc1cc(CNN2CCOCC2)cc(OC)c1. The van der Waals surface area contributed by atoms with Crippen molar-refractivity contribution in [3.63, 3.8) is 0 Å². The van der Waals surface area contributed by atoms with Crippen molar-refractivity contribution in [2.75, 3.05) is 40.5 Å². The van der Waals surface area contributed by atoms with Gasteiger partial charge in [-0.2, -0.15) is 0 Å². The van der Waals surface area contributed by atoms with Crippen molar-refractivity contribution in [1.29, 1.82) is 0 Å². The van der Waals surface area contributed by atoms with Crippen LogP contribution in [0.5, 0.6) is 11.5 Å². The first-order chi connectivity index (χ1) is 8.81. The molecule has 0 spiro atoms. The summed E-state index contributed by atoms with van der Waals surface area (Å²) in [6, 6.07) is 5.89. The van der Waals surface area contributed by atoms with Crippen LogP contribution in [0.3, 0.4) is 0 Å². The molecule has 1 heterocycles. The van der Waals surface area contributed by atoms with E-state index in [0.29, 0.717) is 0 Å². The number of benzene rings is 1. The van der Waals surface area contributed by atoms with E-state index < -0.39 is 0 Å². The monoisotopic (exact) mass is 252 g/mol. The highest BCUT2D eigenvalue weighted by molar-refractivity contribution is 5.38. The van der Waals surface area contributed by atoms with Gasteiger partial charge in [-0.15, -0.1) is 0 Å². The van der Waals surface area contributed by atoms with E-state index in [-0.39, 0.29) is 0 Å². The van der Waals surface area contributed by atoms with E-state index in [9.17, 15) is 0 Å². The predicted molar refractivity (Wildman–Crippen MR) is 68.8 cm³/mol. The molecule has 0 saturated carbocycles. The zero-order valence-electron chi connectivity index (χ0n) is 10.9. The Morgan fingerprint density at radius 3 is 2.28 bits per heavy atom. The maximum absolute atomic E-state index is 5.30. The molecule has 1 N–H and O–H groups in total. The highest BCUT2D eigenvalue weighted by atomic mass is 16.5. The highest BCUT2D eigenvalue weighted by Gasteiger charge is 2.10. The molecule has 0 amide bonds. The van der Waals surface area contributed by atoms with Crippen LogP contribution in [0.15, 0.2) is 18.2 Å². The summed E-state index contributed by atoms with van der Waals surface area (Å²) in [6.07, 6.45) is 0. The largest absolute Gasteiger partial charge is 0.497 e. The first-order valence-corrected chi connectivity index (χ1v) is 6.10. The second-order valence-corrected chi connectivity index (χ2v) is 4.16. The van der Waals surface area contributed by atoms with Crippen LogP contribution in [-0.2, 0) is 11.3 Å². The Morgan fingerprint density at radius 2 is 1.72 bits per heavy atom. The third kappa shape index (κ3) is 3.60. The Labute approximate surface area is 108 Å². The van der Waals surface area contributed by atoms with Crippen LogP contribution in [0.2, 0.25) is 0 Å². The molecule has 5 heteroatoms. The molecule has 0 aromatic heterocycles. The second kappa shape index (κ2) is 6.58. The number of nitrogens with zero attached hydrogens (tertiary/aromatic N) is 1. The van der Waals surface area contributed by atoms with Gasteiger partial charge in [0, 0.05) is 25.7 Å². The molecule has 1 saturated heterocycles. The lowest BCUT2D eigenvalue weighted by Gasteiger charge is -2.27. The van der Waals surface area contributed by atoms with Crippen LogP contribution in [0, 0.1) is 0 Å². The summed E-state index contributed by atoms with van der Waals surface area (Å²) in [6.45, 7) is 4.17. The van der Waals surface area contributed by atoms with Gasteiger partial charge < -0.3 is 14.2 Å². The Morgan fingerprint density at radius 1 is 1.11 bits per heavy atom. The molecule has 0 bridgehead atoms. The van der Waals surface area contributed by atoms with Crippen LogP contribution in [0.1, 0.15) is 5.56 Å². The number of nitrogens with one attached hydrogen (secondary N) is 1. The Balaban J connectivity index is 1.94. The minimum absolute atomic E-state index is 0.758. The van der Waals surface area contributed by atoms with Gasteiger partial charge in [-0.3, -0.25) is 5.43 Å². The quantitative estimate of drug-likeness (QED) is 0.848. The maximum atomic E-state index is 5.30. The van der Waals surface area contributed by atoms with E-state index in [1.807, 2.05) is 18.2 Å². The first kappa shape index (κ1) is 13.1. The first-order valence-electron chi connectivity index (χ1n) is 6.10. The summed E-state index contributed by atoms with van der Waals surface area (Å²) < 4.78 is 15.8. The van der Waals surface area contributed by atoms with E-state index >= 15 is 0 Å². The molecular weight excluding hydrogens is 232 g/mol. The Bertz CT molecular complexity index is 356. The van der Waals surface area contributed by atoms with E-state index in [4.69, 9.17) is 14.2 Å². The van der Waals surface area contributed by atoms with E-state index in [0.717, 1.165) is 49.9 Å². The fraction of sp³-hybridized carbons (Fsp3) is 0.538. The zero-order valence-corrected chi connectivity index (χ0v) is 10.9. The van der Waals surface area contributed by atoms with Gasteiger partial charge >= 0.3 is 0 Å². The summed E-state index contributed by atoms with van der Waals surface area (Å²) in [7, 11) is 3.32. The van der Waals surface area contributed by atoms with Gasteiger partial charge in [-0.1, -0.05) is 0 Å². The zero-order chi connectivity index (χ0) is 12.8. The van der Waals surface area contributed by atoms with Crippen molar-refractivity contribution >= 4 is 0 Å². The van der Waals surface area contributed by atoms with Crippen molar-refractivity contribution in [2.45, 2.75) is 6.54 Å². The fourth-order valence-electron chi connectivity index (χ4n) is 1.89. The fourth-order valence-corrected chi connectivity index (χ4v) is 1.89. The lowest BCUT2D eigenvalue weighted by atomic mass is 10.2. The number of rotatable bonds is 5. The topological polar surface area (TPSA) is 43.0 Å². The third-order valence-electron chi connectivity index (χ3n) is 2.93. The standard InChI is InChI=1S/C13H20N2O3/c1-16-12-7-11(8-13(9-12)17-2)10-14-15-3-5-18-6-4-15/h7-9,14H,3-6,10H2,1-2H3. The van der Waals surface area contributed by atoms with Crippen molar-refractivity contribution in [1.82, 2.24) is 10.4 Å². The van der Waals surface area contributed by atoms with Gasteiger partial charge in [-0.05, 0) is 17.7 Å². The van der Waals surface area contributed by atoms with Gasteiger partial charge in [0.2, 0.25) is 0 Å². The summed E-state index contributed by atoms with van der Waals surface area (Å²) in [4.78, 5) is 0. The summed E-state index contributed by atoms with van der Waals surface area (Å²) in [5.41, 5.74) is 4.52. The van der Waals surface area contributed by atoms with Crippen molar-refractivity contribution in [3.05, 3.63) is 23.8 Å². The molecule has 1 aromatic carbocycles. The van der Waals surface area contributed by atoms with Crippen LogP contribution in [-0.4, -0.2) is 45.5 Å². The molecule has 1 aliphatic heterocycles. The highest BCUT2D eigenvalue weighted by Crippen LogP contribution is 2.22. The number of hydrogen-bond acceptors (Lipinski definition) is 5. The molecule has 0 radical (unpaired) electrons. The number of hydrogen-bond donors (Lipinski definition) is 1. The van der Waals surface area contributed by atoms with E-state index in [1.54, 1.807) is 14.2 Å². The minimum atomic E-state index is 0.758. The van der Waals surface area contributed by atoms with Gasteiger partial charge in [0.1, 0.15) is 11.5 Å². The van der Waals surface area contributed by atoms with Crippen LogP contribution < -0.4 is 14.9 Å². The number of ether oxygens (including phenoxy) is 3. The molecule has 18 heavy (non-hydrogen) atoms. The lowest BCUT2D eigenvalue weighted by molar-refractivity contribution is 0.0105. The average Bonchev–Trinajstić information content (AvgIpc) is 2.45. The average molecular weight is 252 g/mol. The third-order valence-corrected chi connectivity index (χ3v) is 2.93. The summed E-state index contributed by atoms with van der Waals surface area (Å²) >= 11 is 0. The summed E-state index contributed by atoms with van der Waals surface area (Å²) in [5.74, 6) is 1.63. The smallest absolute Gasteiger partial charge is 0.122 e. The summed E-state index contributed by atoms with van der Waals surface area (Å²) in [5, 5.41) is 2.18. The van der Waals surface area contributed by atoms with Crippen LogP contribution in [0.25, 0.3) is 0 Å². The van der Waals surface area contributed by atoms with Gasteiger partial charge in [0.15, 0.2) is 0 Å². The molecule has 0 aliphatic carbocycles. The van der Waals surface area contributed by atoms with Crippen molar-refractivity contribution in [3.8, 4) is 11.5 Å². The van der Waals surface area contributed by atoms with E-state index in [2.05, 4.69) is 10.4 Å². The normalized spacial score (nSPS) is 16.6. The Kier molecular flexibility index (Phi) is 4.81. The second-order valence-electron chi connectivity index (χ2n) is 4.16. The van der Waals surface area contributed by atoms with Crippen LogP contribution >= 0.6 is 0 Å². The molecular formula is C13H20N2O3. The van der Waals surface area contributed by atoms with Gasteiger partial charge in [0.25, 0.3) is 0 Å². The number of methoxy groups -OCH3 is 2. The molecule has 0 atom stereocenters. The van der Waals surface area contributed by atoms with Gasteiger partial charge in [0.05, 0.1) is 27.4 Å². The maximum Gasteiger partial charge on any atom is 0.122 e. The number of morpholine rings is 1. The van der Waals surface area contributed by atoms with Gasteiger partial charge in [-0.25, -0.2) is 5.01 Å². The minimum Gasteiger partial charge on any atom is -0.497 e. The molecule has 1 aromatic rings. The Hall–Kier alpha value is -1.30. The lowest BCUT2D eigenvalue weighted by Crippen LogP contribution is -2.45. The molecule has 100 valence electrons. The molecule has 0 unspecified atom stereocenters. The molecule has 2 rings (SSSR count). The van der Waals surface area contributed by atoms with Crippen LogP contribution in [0.4, 0.5) is 0 Å². The predicted octanol–water partition coefficient (Wildman–Crippen LogP) is 1.04. The van der Waals surface area contributed by atoms with Crippen molar-refractivity contribution in [2.24, 2.45) is 0 Å². The van der Waals surface area contributed by atoms with E-state index in [1.165, 1.54) is 0 Å². The molecule has 1 aliphatic rings.